The average molecular weight is 348 g/mol. The quantitative estimate of drug-likeness (QED) is 0.410. The fourth-order valence-electron chi connectivity index (χ4n) is 2.96. The van der Waals surface area contributed by atoms with Gasteiger partial charge in [0.2, 0.25) is 5.88 Å². The number of hydrogen-bond acceptors (Lipinski definition) is 3. The summed E-state index contributed by atoms with van der Waals surface area (Å²) in [6.07, 6.45) is 1.71. The van der Waals surface area contributed by atoms with Crippen LogP contribution in [0.4, 0.5) is 5.88 Å². The average Bonchev–Trinajstić information content (AvgIpc) is 3.13. The highest BCUT2D eigenvalue weighted by Crippen LogP contribution is 2.42. The standard InChI is InChI=1S/C24H16N2O/c25-16-21-22(19-12-6-2-7-13-19)23(20-14-8-3-9-15-20)27-24(21)26-17-18-10-4-1-5-11-18/h1-15,17H/b26-17+. The van der Waals surface area contributed by atoms with Crippen molar-refractivity contribution in [2.45, 2.75) is 0 Å². The summed E-state index contributed by atoms with van der Waals surface area (Å²) in [5, 5.41) is 9.83. The maximum atomic E-state index is 9.83. The Labute approximate surface area is 157 Å². The molecule has 4 rings (SSSR count). The van der Waals surface area contributed by atoms with E-state index in [0.717, 1.165) is 22.3 Å². The molecule has 0 aliphatic carbocycles. The van der Waals surface area contributed by atoms with E-state index >= 15 is 0 Å². The molecule has 3 aromatic carbocycles. The number of furan rings is 1. The minimum absolute atomic E-state index is 0.319. The van der Waals surface area contributed by atoms with Crippen LogP contribution in [0.15, 0.2) is 100 Å². The Kier molecular flexibility index (Phi) is 4.63. The Balaban J connectivity index is 1.90. The molecule has 3 nitrogen and oxygen atoms in total. The van der Waals surface area contributed by atoms with Crippen LogP contribution in [0.3, 0.4) is 0 Å². The Morgan fingerprint density at radius 1 is 0.741 bits per heavy atom. The summed E-state index contributed by atoms with van der Waals surface area (Å²) in [7, 11) is 0. The minimum atomic E-state index is 0.319. The lowest BCUT2D eigenvalue weighted by atomic mass is 9.98. The summed E-state index contributed by atoms with van der Waals surface area (Å²) in [6.45, 7) is 0. The van der Waals surface area contributed by atoms with Crippen LogP contribution in [-0.4, -0.2) is 6.21 Å². The zero-order valence-electron chi connectivity index (χ0n) is 14.5. The SMILES string of the molecule is N#Cc1c(/N=C/c2ccccc2)oc(-c2ccccc2)c1-c1ccccc1. The number of aliphatic imine (C=N–C) groups is 1. The Hall–Kier alpha value is -3.90. The molecule has 0 saturated carbocycles. The molecule has 0 spiro atoms. The van der Waals surface area contributed by atoms with Crippen LogP contribution < -0.4 is 0 Å². The van der Waals surface area contributed by atoms with Crippen LogP contribution in [0, 0.1) is 11.3 Å². The summed E-state index contributed by atoms with van der Waals surface area (Å²) in [6, 6.07) is 31.6. The molecule has 1 heterocycles. The predicted molar refractivity (Wildman–Crippen MR) is 108 cm³/mol. The van der Waals surface area contributed by atoms with Crippen molar-refractivity contribution in [3.8, 4) is 28.5 Å². The minimum Gasteiger partial charge on any atom is -0.436 e. The van der Waals surface area contributed by atoms with Gasteiger partial charge in [0.15, 0.2) is 0 Å². The zero-order valence-corrected chi connectivity index (χ0v) is 14.5. The first-order chi connectivity index (χ1) is 13.4. The monoisotopic (exact) mass is 348 g/mol. The molecule has 0 bridgehead atoms. The third-order valence-corrected chi connectivity index (χ3v) is 4.23. The fourth-order valence-corrected chi connectivity index (χ4v) is 2.96. The van der Waals surface area contributed by atoms with Crippen molar-refractivity contribution in [1.29, 1.82) is 5.26 Å². The largest absolute Gasteiger partial charge is 0.436 e. The van der Waals surface area contributed by atoms with Gasteiger partial charge in [-0.2, -0.15) is 5.26 Å². The number of rotatable bonds is 4. The second-order valence-electron chi connectivity index (χ2n) is 6.00. The molecule has 3 heteroatoms. The Morgan fingerprint density at radius 2 is 1.30 bits per heavy atom. The maximum Gasteiger partial charge on any atom is 0.238 e. The van der Waals surface area contributed by atoms with Gasteiger partial charge in [0.05, 0.1) is 0 Å². The number of benzene rings is 3. The Morgan fingerprint density at radius 3 is 1.89 bits per heavy atom. The molecule has 0 atom stereocenters. The second kappa shape index (κ2) is 7.55. The van der Waals surface area contributed by atoms with E-state index in [9.17, 15) is 5.26 Å². The van der Waals surface area contributed by atoms with Crippen molar-refractivity contribution >= 4 is 12.1 Å². The van der Waals surface area contributed by atoms with Crippen LogP contribution in [0.5, 0.6) is 0 Å². The van der Waals surface area contributed by atoms with Crippen LogP contribution in [0.25, 0.3) is 22.5 Å². The summed E-state index contributed by atoms with van der Waals surface area (Å²) in [5.74, 6) is 0.970. The highest BCUT2D eigenvalue weighted by atomic mass is 16.4. The molecule has 0 fully saturated rings. The number of nitrogens with zero attached hydrogens (tertiary/aromatic N) is 2. The van der Waals surface area contributed by atoms with E-state index in [4.69, 9.17) is 4.42 Å². The van der Waals surface area contributed by atoms with Gasteiger partial charge >= 0.3 is 0 Å². The predicted octanol–water partition coefficient (Wildman–Crippen LogP) is 6.24. The normalized spacial score (nSPS) is 10.8. The highest BCUT2D eigenvalue weighted by Gasteiger charge is 2.22. The van der Waals surface area contributed by atoms with Gasteiger partial charge in [0.25, 0.3) is 0 Å². The molecule has 0 saturated heterocycles. The lowest BCUT2D eigenvalue weighted by Crippen LogP contribution is -1.83. The van der Waals surface area contributed by atoms with E-state index in [0.29, 0.717) is 17.2 Å². The van der Waals surface area contributed by atoms with Gasteiger partial charge in [-0.05, 0) is 11.1 Å². The van der Waals surface area contributed by atoms with Crippen molar-refractivity contribution in [3.05, 3.63) is 102 Å². The van der Waals surface area contributed by atoms with Crippen molar-refractivity contribution in [3.63, 3.8) is 0 Å². The molecular formula is C24H16N2O. The first-order valence-electron chi connectivity index (χ1n) is 8.63. The molecule has 128 valence electrons. The van der Waals surface area contributed by atoms with Crippen LogP contribution >= 0.6 is 0 Å². The first-order valence-corrected chi connectivity index (χ1v) is 8.63. The Bertz CT molecular complexity index is 1110. The zero-order chi connectivity index (χ0) is 18.5. The molecule has 0 aliphatic heterocycles. The van der Waals surface area contributed by atoms with E-state index < -0.39 is 0 Å². The van der Waals surface area contributed by atoms with Gasteiger partial charge in [-0.1, -0.05) is 91.0 Å². The molecule has 4 aromatic rings. The lowest BCUT2D eigenvalue weighted by molar-refractivity contribution is 0.593. The maximum absolute atomic E-state index is 9.83. The van der Waals surface area contributed by atoms with Gasteiger partial charge in [-0.3, -0.25) is 0 Å². The summed E-state index contributed by atoms with van der Waals surface area (Å²) in [5.41, 5.74) is 3.99. The summed E-state index contributed by atoms with van der Waals surface area (Å²) >= 11 is 0. The molecular weight excluding hydrogens is 332 g/mol. The topological polar surface area (TPSA) is 49.3 Å². The van der Waals surface area contributed by atoms with Crippen LogP contribution in [-0.2, 0) is 0 Å². The number of nitriles is 1. The fraction of sp³-hybridized carbons (Fsp3) is 0. The third kappa shape index (κ3) is 3.42. The molecule has 0 aliphatic rings. The smallest absolute Gasteiger partial charge is 0.238 e. The van der Waals surface area contributed by atoms with Gasteiger partial charge in [-0.25, -0.2) is 4.99 Å². The van der Waals surface area contributed by atoms with Gasteiger partial charge in [0.1, 0.15) is 17.4 Å². The van der Waals surface area contributed by atoms with Crippen LogP contribution in [0.2, 0.25) is 0 Å². The molecule has 27 heavy (non-hydrogen) atoms. The second-order valence-corrected chi connectivity index (χ2v) is 6.00. The van der Waals surface area contributed by atoms with E-state index in [1.165, 1.54) is 0 Å². The molecule has 0 N–H and O–H groups in total. The van der Waals surface area contributed by atoms with Gasteiger partial charge in [0, 0.05) is 17.3 Å². The summed E-state index contributed by atoms with van der Waals surface area (Å²) in [4.78, 5) is 4.47. The van der Waals surface area contributed by atoms with Gasteiger partial charge in [-0.15, -0.1) is 0 Å². The number of hydrogen-bond donors (Lipinski definition) is 0. The summed E-state index contributed by atoms with van der Waals surface area (Å²) < 4.78 is 6.08. The van der Waals surface area contributed by atoms with E-state index in [-0.39, 0.29) is 0 Å². The molecule has 0 radical (unpaired) electrons. The van der Waals surface area contributed by atoms with Crippen molar-refractivity contribution in [1.82, 2.24) is 0 Å². The van der Waals surface area contributed by atoms with Crippen molar-refractivity contribution in [2.75, 3.05) is 0 Å². The van der Waals surface area contributed by atoms with Gasteiger partial charge < -0.3 is 4.42 Å². The molecule has 0 unspecified atom stereocenters. The molecule has 1 aromatic heterocycles. The molecule has 0 amide bonds. The first kappa shape index (κ1) is 16.6. The van der Waals surface area contributed by atoms with E-state index in [1.54, 1.807) is 6.21 Å². The third-order valence-electron chi connectivity index (χ3n) is 4.23. The highest BCUT2D eigenvalue weighted by molar-refractivity contribution is 5.89. The lowest BCUT2D eigenvalue weighted by Gasteiger charge is -2.03. The van der Waals surface area contributed by atoms with Crippen LogP contribution in [0.1, 0.15) is 11.1 Å². The van der Waals surface area contributed by atoms with Crippen molar-refractivity contribution in [2.24, 2.45) is 4.99 Å². The van der Waals surface area contributed by atoms with Crippen molar-refractivity contribution < 1.29 is 4.42 Å². The van der Waals surface area contributed by atoms with E-state index in [1.807, 2.05) is 91.0 Å². The van der Waals surface area contributed by atoms with E-state index in [2.05, 4.69) is 11.1 Å².